The van der Waals surface area contributed by atoms with Gasteiger partial charge in [0.1, 0.15) is 0 Å². The number of hydrogen-bond acceptors (Lipinski definition) is 2. The van der Waals surface area contributed by atoms with E-state index in [9.17, 15) is 4.79 Å². The molecule has 2 N–H and O–H groups in total. The van der Waals surface area contributed by atoms with Crippen LogP contribution < -0.4 is 0 Å². The zero-order chi connectivity index (χ0) is 13.2. The largest absolute Gasteiger partial charge is 0.465 e. The van der Waals surface area contributed by atoms with Crippen LogP contribution in [0.4, 0.5) is 4.79 Å². The Morgan fingerprint density at radius 3 is 2.33 bits per heavy atom. The Hall–Kier alpha value is -1.55. The first-order valence-electron chi connectivity index (χ1n) is 6.36. The summed E-state index contributed by atoms with van der Waals surface area (Å²) >= 11 is 0. The van der Waals surface area contributed by atoms with E-state index in [1.807, 2.05) is 18.2 Å². The quantitative estimate of drug-likeness (QED) is 0.697. The molecule has 4 heteroatoms. The van der Waals surface area contributed by atoms with Gasteiger partial charge in [0.25, 0.3) is 0 Å². The maximum Gasteiger partial charge on any atom is 0.407 e. The van der Waals surface area contributed by atoms with Crippen molar-refractivity contribution in [1.82, 2.24) is 4.90 Å². The summed E-state index contributed by atoms with van der Waals surface area (Å²) in [4.78, 5) is 12.4. The summed E-state index contributed by atoms with van der Waals surface area (Å²) in [5, 5.41) is 17.7. The summed E-state index contributed by atoms with van der Waals surface area (Å²) in [5.74, 6) is 0. The van der Waals surface area contributed by atoms with Crippen LogP contribution in [-0.2, 0) is 6.42 Å². The maximum atomic E-state index is 11.0. The number of carbonyl (C=O) groups is 1. The van der Waals surface area contributed by atoms with Crippen LogP contribution in [0.2, 0.25) is 0 Å². The standard InChI is InChI=1S/C14H21NO3/c16-12-5-4-10-15(14(17)18)11-6-9-13-7-2-1-3-8-13/h1-3,7-8,16H,4-6,9-12H2,(H,17,18). The minimum Gasteiger partial charge on any atom is -0.465 e. The fraction of sp³-hybridized carbons (Fsp3) is 0.500. The number of benzene rings is 1. The number of hydrogen-bond donors (Lipinski definition) is 2. The second-order valence-corrected chi connectivity index (χ2v) is 4.29. The molecule has 0 aromatic heterocycles. The summed E-state index contributed by atoms with van der Waals surface area (Å²) in [5.41, 5.74) is 1.23. The van der Waals surface area contributed by atoms with Gasteiger partial charge in [-0.15, -0.1) is 0 Å². The van der Waals surface area contributed by atoms with Crippen LogP contribution in [0.25, 0.3) is 0 Å². The van der Waals surface area contributed by atoms with E-state index in [1.165, 1.54) is 10.5 Å². The molecule has 0 radical (unpaired) electrons. The Labute approximate surface area is 108 Å². The molecule has 0 fully saturated rings. The van der Waals surface area contributed by atoms with E-state index in [1.54, 1.807) is 0 Å². The lowest BCUT2D eigenvalue weighted by Gasteiger charge is -2.18. The highest BCUT2D eigenvalue weighted by Crippen LogP contribution is 2.04. The van der Waals surface area contributed by atoms with E-state index in [-0.39, 0.29) is 6.61 Å². The predicted octanol–water partition coefficient (Wildman–Crippen LogP) is 2.37. The highest BCUT2D eigenvalue weighted by molar-refractivity contribution is 5.64. The first kappa shape index (κ1) is 14.5. The molecule has 1 amide bonds. The molecular formula is C14H21NO3. The third-order valence-electron chi connectivity index (χ3n) is 2.84. The molecule has 0 aliphatic heterocycles. The lowest BCUT2D eigenvalue weighted by atomic mass is 10.1. The average Bonchev–Trinajstić information content (AvgIpc) is 2.38. The Morgan fingerprint density at radius 2 is 1.72 bits per heavy atom. The number of aliphatic hydroxyl groups is 1. The van der Waals surface area contributed by atoms with Crippen LogP contribution in [0.1, 0.15) is 24.8 Å². The van der Waals surface area contributed by atoms with E-state index in [2.05, 4.69) is 12.1 Å². The molecule has 0 spiro atoms. The average molecular weight is 251 g/mol. The zero-order valence-corrected chi connectivity index (χ0v) is 10.6. The van der Waals surface area contributed by atoms with Gasteiger partial charge >= 0.3 is 6.09 Å². The van der Waals surface area contributed by atoms with Gasteiger partial charge in [-0.2, -0.15) is 0 Å². The molecule has 0 saturated heterocycles. The number of unbranched alkanes of at least 4 members (excludes halogenated alkanes) is 1. The smallest absolute Gasteiger partial charge is 0.407 e. The lowest BCUT2D eigenvalue weighted by molar-refractivity contribution is 0.142. The second kappa shape index (κ2) is 8.53. The van der Waals surface area contributed by atoms with Gasteiger partial charge in [0.2, 0.25) is 0 Å². The Kier molecular flexibility index (Phi) is 6.87. The van der Waals surface area contributed by atoms with Crippen LogP contribution in [-0.4, -0.2) is 40.9 Å². The van der Waals surface area contributed by atoms with Crippen molar-refractivity contribution in [2.24, 2.45) is 0 Å². The fourth-order valence-corrected chi connectivity index (χ4v) is 1.84. The predicted molar refractivity (Wildman–Crippen MR) is 70.7 cm³/mol. The molecular weight excluding hydrogens is 230 g/mol. The van der Waals surface area contributed by atoms with Crippen molar-refractivity contribution in [3.63, 3.8) is 0 Å². The van der Waals surface area contributed by atoms with E-state index in [4.69, 9.17) is 10.2 Å². The molecule has 1 rings (SSSR count). The number of carboxylic acid groups (broad SMARTS) is 1. The summed E-state index contributed by atoms with van der Waals surface area (Å²) < 4.78 is 0. The minimum atomic E-state index is -0.874. The highest BCUT2D eigenvalue weighted by Gasteiger charge is 2.10. The normalized spacial score (nSPS) is 10.3. The highest BCUT2D eigenvalue weighted by atomic mass is 16.4. The van der Waals surface area contributed by atoms with Crippen molar-refractivity contribution < 1.29 is 15.0 Å². The van der Waals surface area contributed by atoms with Gasteiger partial charge in [0.05, 0.1) is 0 Å². The molecule has 0 saturated carbocycles. The molecule has 0 aliphatic carbocycles. The van der Waals surface area contributed by atoms with E-state index in [0.717, 1.165) is 12.8 Å². The van der Waals surface area contributed by atoms with Crippen LogP contribution in [0, 0.1) is 0 Å². The SMILES string of the molecule is O=C(O)N(CCCCO)CCCc1ccccc1. The van der Waals surface area contributed by atoms with E-state index >= 15 is 0 Å². The third kappa shape index (κ3) is 5.68. The van der Waals surface area contributed by atoms with Gasteiger partial charge in [-0.25, -0.2) is 4.79 Å². The monoisotopic (exact) mass is 251 g/mol. The van der Waals surface area contributed by atoms with Gasteiger partial charge < -0.3 is 15.1 Å². The van der Waals surface area contributed by atoms with Gasteiger partial charge in [0, 0.05) is 19.7 Å². The molecule has 0 atom stereocenters. The van der Waals surface area contributed by atoms with Crippen LogP contribution in [0.5, 0.6) is 0 Å². The van der Waals surface area contributed by atoms with Crippen LogP contribution in [0.3, 0.4) is 0 Å². The molecule has 0 heterocycles. The molecule has 100 valence electrons. The second-order valence-electron chi connectivity index (χ2n) is 4.29. The number of nitrogens with zero attached hydrogens (tertiary/aromatic N) is 1. The molecule has 0 unspecified atom stereocenters. The van der Waals surface area contributed by atoms with Crippen molar-refractivity contribution in [3.05, 3.63) is 35.9 Å². The van der Waals surface area contributed by atoms with E-state index in [0.29, 0.717) is 25.9 Å². The number of amides is 1. The lowest BCUT2D eigenvalue weighted by Crippen LogP contribution is -2.31. The first-order chi connectivity index (χ1) is 8.74. The van der Waals surface area contributed by atoms with Crippen LogP contribution in [0.15, 0.2) is 30.3 Å². The molecule has 0 bridgehead atoms. The van der Waals surface area contributed by atoms with Gasteiger partial charge in [-0.1, -0.05) is 30.3 Å². The van der Waals surface area contributed by atoms with Crippen molar-refractivity contribution in [2.45, 2.75) is 25.7 Å². The molecule has 1 aromatic rings. The molecule has 0 aliphatic rings. The fourth-order valence-electron chi connectivity index (χ4n) is 1.84. The van der Waals surface area contributed by atoms with Crippen molar-refractivity contribution in [1.29, 1.82) is 0 Å². The minimum absolute atomic E-state index is 0.122. The number of rotatable bonds is 8. The van der Waals surface area contributed by atoms with Crippen LogP contribution >= 0.6 is 0 Å². The van der Waals surface area contributed by atoms with Crippen molar-refractivity contribution in [3.8, 4) is 0 Å². The molecule has 18 heavy (non-hydrogen) atoms. The Balaban J connectivity index is 2.27. The number of aliphatic hydroxyl groups excluding tert-OH is 1. The van der Waals surface area contributed by atoms with Crippen molar-refractivity contribution >= 4 is 6.09 Å². The topological polar surface area (TPSA) is 60.8 Å². The Morgan fingerprint density at radius 1 is 1.06 bits per heavy atom. The zero-order valence-electron chi connectivity index (χ0n) is 10.6. The summed E-state index contributed by atoms with van der Waals surface area (Å²) in [6, 6.07) is 10.1. The first-order valence-corrected chi connectivity index (χ1v) is 6.36. The molecule has 4 nitrogen and oxygen atoms in total. The Bertz CT molecular complexity index is 340. The summed E-state index contributed by atoms with van der Waals surface area (Å²) in [6.07, 6.45) is 2.22. The summed E-state index contributed by atoms with van der Waals surface area (Å²) in [7, 11) is 0. The third-order valence-corrected chi connectivity index (χ3v) is 2.84. The van der Waals surface area contributed by atoms with Crippen molar-refractivity contribution in [2.75, 3.05) is 19.7 Å². The van der Waals surface area contributed by atoms with E-state index < -0.39 is 6.09 Å². The molecule has 1 aromatic carbocycles. The maximum absolute atomic E-state index is 11.0. The summed E-state index contributed by atoms with van der Waals surface area (Å²) in [6.45, 7) is 1.18. The van der Waals surface area contributed by atoms with Gasteiger partial charge in [0.15, 0.2) is 0 Å². The van der Waals surface area contributed by atoms with Gasteiger partial charge in [-0.05, 0) is 31.2 Å². The van der Waals surface area contributed by atoms with Gasteiger partial charge in [-0.3, -0.25) is 0 Å². The number of aryl methyl sites for hydroxylation is 1.